The third-order valence-corrected chi connectivity index (χ3v) is 4.75. The summed E-state index contributed by atoms with van der Waals surface area (Å²) in [5, 5.41) is 0.115. The van der Waals surface area contributed by atoms with Crippen LogP contribution in [0.5, 0.6) is 0 Å². The number of nitrogens with two attached hydrogens (primary N) is 1. The molecule has 0 radical (unpaired) electrons. The summed E-state index contributed by atoms with van der Waals surface area (Å²) in [7, 11) is 3.53. The standard InChI is InChI=1S/C13H19BrN2OS/c1-9(15)13(18-8-12(17)16(2)3)10-6-4-5-7-11(10)14/h4-7,9,13H,8,15H2,1-3H3. The van der Waals surface area contributed by atoms with Crippen LogP contribution < -0.4 is 5.73 Å². The molecule has 0 bridgehead atoms. The van der Waals surface area contributed by atoms with Crippen LogP contribution in [0.2, 0.25) is 0 Å². The molecule has 0 spiro atoms. The van der Waals surface area contributed by atoms with E-state index in [1.165, 1.54) is 0 Å². The summed E-state index contributed by atoms with van der Waals surface area (Å²) in [5.74, 6) is 0.554. The lowest BCUT2D eigenvalue weighted by Crippen LogP contribution is -2.27. The SMILES string of the molecule is CC(N)C(SCC(=O)N(C)C)c1ccccc1Br. The minimum absolute atomic E-state index is 0.0105. The Labute approximate surface area is 121 Å². The van der Waals surface area contributed by atoms with Gasteiger partial charge >= 0.3 is 0 Å². The van der Waals surface area contributed by atoms with Crippen LogP contribution in [0.15, 0.2) is 28.7 Å². The van der Waals surface area contributed by atoms with Gasteiger partial charge in [0.15, 0.2) is 0 Å². The highest BCUT2D eigenvalue weighted by Gasteiger charge is 2.20. The van der Waals surface area contributed by atoms with Crippen molar-refractivity contribution in [2.24, 2.45) is 5.73 Å². The largest absolute Gasteiger partial charge is 0.348 e. The maximum Gasteiger partial charge on any atom is 0.232 e. The number of nitrogens with zero attached hydrogens (tertiary/aromatic N) is 1. The van der Waals surface area contributed by atoms with Crippen LogP contribution in [0.25, 0.3) is 0 Å². The lowest BCUT2D eigenvalue weighted by Gasteiger charge is -2.22. The number of carbonyl (C=O) groups is 1. The van der Waals surface area contributed by atoms with Gasteiger partial charge in [-0.15, -0.1) is 11.8 Å². The maximum atomic E-state index is 11.6. The van der Waals surface area contributed by atoms with E-state index >= 15 is 0 Å². The number of thioether (sulfide) groups is 1. The Morgan fingerprint density at radius 1 is 1.44 bits per heavy atom. The van der Waals surface area contributed by atoms with Crippen LogP contribution in [0.1, 0.15) is 17.7 Å². The Morgan fingerprint density at radius 3 is 2.56 bits per heavy atom. The van der Waals surface area contributed by atoms with Crippen molar-refractivity contribution in [1.29, 1.82) is 0 Å². The molecule has 100 valence electrons. The summed E-state index contributed by atoms with van der Waals surface area (Å²) in [6.45, 7) is 1.97. The Hall–Kier alpha value is -0.520. The van der Waals surface area contributed by atoms with Gasteiger partial charge < -0.3 is 10.6 Å². The monoisotopic (exact) mass is 330 g/mol. The number of hydrogen-bond acceptors (Lipinski definition) is 3. The molecule has 0 aliphatic rings. The van der Waals surface area contributed by atoms with Crippen molar-refractivity contribution in [3.8, 4) is 0 Å². The van der Waals surface area contributed by atoms with Crippen molar-refractivity contribution in [3.05, 3.63) is 34.3 Å². The third kappa shape index (κ3) is 4.30. The molecule has 0 aliphatic heterocycles. The molecule has 0 saturated heterocycles. The Morgan fingerprint density at radius 2 is 2.06 bits per heavy atom. The number of rotatable bonds is 5. The molecular formula is C13H19BrN2OS. The predicted octanol–water partition coefficient (Wildman–Crippen LogP) is 2.66. The summed E-state index contributed by atoms with van der Waals surface area (Å²) >= 11 is 5.12. The molecule has 0 aliphatic carbocycles. The van der Waals surface area contributed by atoms with Crippen molar-refractivity contribution in [2.75, 3.05) is 19.8 Å². The van der Waals surface area contributed by atoms with Gasteiger partial charge in [-0.05, 0) is 18.6 Å². The summed E-state index contributed by atoms with van der Waals surface area (Å²) in [5.41, 5.74) is 7.18. The van der Waals surface area contributed by atoms with Crippen LogP contribution in [-0.4, -0.2) is 36.7 Å². The summed E-state index contributed by atoms with van der Waals surface area (Å²) < 4.78 is 1.04. The molecule has 2 unspecified atom stereocenters. The molecule has 1 rings (SSSR count). The lowest BCUT2D eigenvalue weighted by atomic mass is 10.1. The van der Waals surface area contributed by atoms with E-state index in [1.807, 2.05) is 31.2 Å². The second-order valence-corrected chi connectivity index (χ2v) is 6.38. The number of halogens is 1. The van der Waals surface area contributed by atoms with Gasteiger partial charge in [-0.1, -0.05) is 34.1 Å². The maximum absolute atomic E-state index is 11.6. The first-order valence-corrected chi connectivity index (χ1v) is 7.59. The first kappa shape index (κ1) is 15.5. The molecule has 1 aromatic carbocycles. The average Bonchev–Trinajstić information content (AvgIpc) is 2.30. The van der Waals surface area contributed by atoms with Gasteiger partial charge in [0, 0.05) is 29.9 Å². The molecule has 18 heavy (non-hydrogen) atoms. The normalized spacial score (nSPS) is 14.1. The second-order valence-electron chi connectivity index (χ2n) is 4.40. The van der Waals surface area contributed by atoms with Crippen LogP contribution in [0, 0.1) is 0 Å². The molecule has 2 N–H and O–H groups in total. The quantitative estimate of drug-likeness (QED) is 0.902. The van der Waals surface area contributed by atoms with Gasteiger partial charge in [-0.2, -0.15) is 0 Å². The molecule has 1 aromatic rings. The zero-order chi connectivity index (χ0) is 13.7. The summed E-state index contributed by atoms with van der Waals surface area (Å²) in [4.78, 5) is 13.2. The van der Waals surface area contributed by atoms with E-state index in [1.54, 1.807) is 30.8 Å². The van der Waals surface area contributed by atoms with Crippen molar-refractivity contribution < 1.29 is 4.79 Å². The van der Waals surface area contributed by atoms with E-state index in [0.29, 0.717) is 5.75 Å². The van der Waals surface area contributed by atoms with E-state index in [0.717, 1.165) is 10.0 Å². The molecule has 0 fully saturated rings. The fourth-order valence-electron chi connectivity index (χ4n) is 1.52. The fourth-order valence-corrected chi connectivity index (χ4v) is 3.47. The Bertz CT molecular complexity index is 410. The number of amides is 1. The van der Waals surface area contributed by atoms with Crippen LogP contribution in [-0.2, 0) is 4.79 Å². The zero-order valence-electron chi connectivity index (χ0n) is 10.9. The summed E-state index contributed by atoms with van der Waals surface area (Å²) in [6, 6.07) is 8.00. The van der Waals surface area contributed by atoms with E-state index in [2.05, 4.69) is 15.9 Å². The number of carbonyl (C=O) groups excluding carboxylic acids is 1. The van der Waals surface area contributed by atoms with Crippen molar-refractivity contribution in [2.45, 2.75) is 18.2 Å². The van der Waals surface area contributed by atoms with Gasteiger partial charge in [-0.25, -0.2) is 0 Å². The highest BCUT2D eigenvalue weighted by Crippen LogP contribution is 2.35. The number of hydrogen-bond donors (Lipinski definition) is 1. The molecule has 2 atom stereocenters. The van der Waals surface area contributed by atoms with E-state index in [9.17, 15) is 4.79 Å². The van der Waals surface area contributed by atoms with Gasteiger partial charge in [0.05, 0.1) is 5.75 Å². The van der Waals surface area contributed by atoms with E-state index in [4.69, 9.17) is 5.73 Å². The highest BCUT2D eigenvalue weighted by atomic mass is 79.9. The average molecular weight is 331 g/mol. The predicted molar refractivity (Wildman–Crippen MR) is 81.7 cm³/mol. The van der Waals surface area contributed by atoms with Gasteiger partial charge in [0.2, 0.25) is 5.91 Å². The van der Waals surface area contributed by atoms with Crippen LogP contribution >= 0.6 is 27.7 Å². The van der Waals surface area contributed by atoms with Gasteiger partial charge in [0.1, 0.15) is 0 Å². The topological polar surface area (TPSA) is 46.3 Å². The van der Waals surface area contributed by atoms with Crippen molar-refractivity contribution in [1.82, 2.24) is 4.90 Å². The number of benzene rings is 1. The fraction of sp³-hybridized carbons (Fsp3) is 0.462. The van der Waals surface area contributed by atoms with Crippen molar-refractivity contribution >= 4 is 33.6 Å². The minimum Gasteiger partial charge on any atom is -0.348 e. The van der Waals surface area contributed by atoms with E-state index < -0.39 is 0 Å². The minimum atomic E-state index is -0.0105. The molecule has 0 saturated carbocycles. The molecule has 5 heteroatoms. The molecule has 0 heterocycles. The Balaban J connectivity index is 2.79. The van der Waals surface area contributed by atoms with Crippen LogP contribution in [0.4, 0.5) is 0 Å². The lowest BCUT2D eigenvalue weighted by molar-refractivity contribution is -0.125. The van der Waals surface area contributed by atoms with Crippen LogP contribution in [0.3, 0.4) is 0 Å². The summed E-state index contributed by atoms with van der Waals surface area (Å²) in [6.07, 6.45) is 0. The second kappa shape index (κ2) is 7.16. The Kier molecular flexibility index (Phi) is 6.18. The van der Waals surface area contributed by atoms with Gasteiger partial charge in [0.25, 0.3) is 0 Å². The third-order valence-electron chi connectivity index (χ3n) is 2.57. The van der Waals surface area contributed by atoms with Crippen molar-refractivity contribution in [3.63, 3.8) is 0 Å². The molecular weight excluding hydrogens is 312 g/mol. The highest BCUT2D eigenvalue weighted by molar-refractivity contribution is 9.10. The molecule has 1 amide bonds. The van der Waals surface area contributed by atoms with Gasteiger partial charge in [-0.3, -0.25) is 4.79 Å². The smallest absolute Gasteiger partial charge is 0.232 e. The molecule has 3 nitrogen and oxygen atoms in total. The first-order valence-electron chi connectivity index (χ1n) is 5.75. The van der Waals surface area contributed by atoms with E-state index in [-0.39, 0.29) is 17.2 Å². The zero-order valence-corrected chi connectivity index (χ0v) is 13.3. The first-order chi connectivity index (χ1) is 8.43. The molecule has 0 aromatic heterocycles.